The van der Waals surface area contributed by atoms with Gasteiger partial charge in [-0.1, -0.05) is 24.3 Å². The molecular formula is C21H18N4O2. The highest BCUT2D eigenvalue weighted by Gasteiger charge is 2.32. The van der Waals surface area contributed by atoms with Crippen molar-refractivity contribution in [1.82, 2.24) is 19.5 Å². The summed E-state index contributed by atoms with van der Waals surface area (Å²) in [5.41, 5.74) is 1.61. The monoisotopic (exact) mass is 358 g/mol. The number of benzene rings is 1. The summed E-state index contributed by atoms with van der Waals surface area (Å²) in [5.74, 6) is 1.45. The summed E-state index contributed by atoms with van der Waals surface area (Å²) in [6.45, 7) is 0.718. The lowest BCUT2D eigenvalue weighted by Crippen LogP contribution is -2.30. The van der Waals surface area contributed by atoms with E-state index in [-0.39, 0.29) is 11.9 Å². The van der Waals surface area contributed by atoms with Crippen molar-refractivity contribution >= 4 is 28.6 Å². The predicted molar refractivity (Wildman–Crippen MR) is 102 cm³/mol. The van der Waals surface area contributed by atoms with Gasteiger partial charge in [0.1, 0.15) is 11.3 Å². The lowest BCUT2D eigenvalue weighted by atomic mass is 10.2. The van der Waals surface area contributed by atoms with Gasteiger partial charge < -0.3 is 9.32 Å². The summed E-state index contributed by atoms with van der Waals surface area (Å²) in [4.78, 5) is 14.7. The summed E-state index contributed by atoms with van der Waals surface area (Å²) in [6, 6.07) is 15.5. The van der Waals surface area contributed by atoms with Crippen molar-refractivity contribution in [3.05, 3.63) is 72.4 Å². The number of carbonyl (C=O) groups excluding carboxylic acids is 1. The number of nitrogens with zero attached hydrogens (tertiary/aromatic N) is 4. The minimum absolute atomic E-state index is 0.0364. The molecule has 0 aliphatic carbocycles. The van der Waals surface area contributed by atoms with Gasteiger partial charge in [0.05, 0.1) is 6.04 Å². The maximum atomic E-state index is 12.8. The standard InChI is InChI=1S/C21H18N4O2/c26-20(11-10-16-14-15-6-1-2-8-18(15)27-16)24-13-5-7-17(24)21-23-22-19-9-3-4-12-25(19)21/h1-4,6,8-12,14,17H,5,7,13H2/b11-10-/t17-/m0/s1. The van der Waals surface area contributed by atoms with Crippen LogP contribution in [-0.4, -0.2) is 31.9 Å². The predicted octanol–water partition coefficient (Wildman–Crippen LogP) is 3.85. The molecule has 5 rings (SSSR count). The van der Waals surface area contributed by atoms with Crippen molar-refractivity contribution < 1.29 is 9.21 Å². The average molecular weight is 358 g/mol. The second-order valence-corrected chi connectivity index (χ2v) is 6.70. The Balaban J connectivity index is 1.40. The van der Waals surface area contributed by atoms with E-state index in [9.17, 15) is 4.79 Å². The number of hydrogen-bond donors (Lipinski definition) is 0. The van der Waals surface area contributed by atoms with Gasteiger partial charge in [-0.2, -0.15) is 0 Å². The number of likely N-dealkylation sites (tertiary alicyclic amines) is 1. The van der Waals surface area contributed by atoms with Gasteiger partial charge in [0.2, 0.25) is 5.91 Å². The lowest BCUT2D eigenvalue weighted by Gasteiger charge is -2.21. The number of pyridine rings is 1. The first-order chi connectivity index (χ1) is 13.3. The molecule has 1 aromatic carbocycles. The van der Waals surface area contributed by atoms with E-state index in [4.69, 9.17) is 4.42 Å². The second kappa shape index (κ2) is 6.39. The fourth-order valence-electron chi connectivity index (χ4n) is 3.72. The van der Waals surface area contributed by atoms with Crippen LogP contribution >= 0.6 is 0 Å². The number of carbonyl (C=O) groups is 1. The summed E-state index contributed by atoms with van der Waals surface area (Å²) >= 11 is 0. The first-order valence-electron chi connectivity index (χ1n) is 9.06. The van der Waals surface area contributed by atoms with E-state index in [1.54, 1.807) is 12.2 Å². The molecule has 27 heavy (non-hydrogen) atoms. The molecule has 0 N–H and O–H groups in total. The molecule has 1 fully saturated rings. The van der Waals surface area contributed by atoms with Crippen molar-refractivity contribution in [3.8, 4) is 0 Å². The Morgan fingerprint density at radius 2 is 2.04 bits per heavy atom. The van der Waals surface area contributed by atoms with Crippen molar-refractivity contribution in [3.63, 3.8) is 0 Å². The number of amides is 1. The van der Waals surface area contributed by atoms with Crippen LogP contribution in [0, 0.1) is 0 Å². The van der Waals surface area contributed by atoms with Gasteiger partial charge >= 0.3 is 0 Å². The Bertz CT molecular complexity index is 1120. The van der Waals surface area contributed by atoms with E-state index in [0.29, 0.717) is 5.76 Å². The zero-order chi connectivity index (χ0) is 18.2. The Morgan fingerprint density at radius 3 is 2.96 bits per heavy atom. The highest BCUT2D eigenvalue weighted by atomic mass is 16.3. The van der Waals surface area contributed by atoms with Crippen LogP contribution in [-0.2, 0) is 4.79 Å². The molecule has 4 aromatic rings. The lowest BCUT2D eigenvalue weighted by molar-refractivity contribution is -0.127. The third kappa shape index (κ3) is 2.79. The second-order valence-electron chi connectivity index (χ2n) is 6.70. The van der Waals surface area contributed by atoms with Crippen LogP contribution in [0.5, 0.6) is 0 Å². The van der Waals surface area contributed by atoms with Crippen LogP contribution in [0.25, 0.3) is 22.7 Å². The van der Waals surface area contributed by atoms with Gasteiger partial charge in [-0.05, 0) is 43.2 Å². The van der Waals surface area contributed by atoms with E-state index in [2.05, 4.69) is 10.2 Å². The van der Waals surface area contributed by atoms with Crippen LogP contribution in [0.15, 0.2) is 65.2 Å². The van der Waals surface area contributed by atoms with Gasteiger partial charge in [0.25, 0.3) is 0 Å². The third-order valence-electron chi connectivity index (χ3n) is 5.01. The van der Waals surface area contributed by atoms with Gasteiger partial charge in [0.15, 0.2) is 11.5 Å². The molecule has 0 saturated carbocycles. The Morgan fingerprint density at radius 1 is 1.15 bits per heavy atom. The normalized spacial score (nSPS) is 17.5. The van der Waals surface area contributed by atoms with E-state index >= 15 is 0 Å². The minimum Gasteiger partial charge on any atom is -0.457 e. The smallest absolute Gasteiger partial charge is 0.247 e. The first-order valence-corrected chi connectivity index (χ1v) is 9.06. The minimum atomic E-state index is -0.0600. The molecule has 6 heteroatoms. The van der Waals surface area contributed by atoms with Crippen LogP contribution in [0.2, 0.25) is 0 Å². The molecule has 0 spiro atoms. The van der Waals surface area contributed by atoms with Crippen molar-refractivity contribution in [2.45, 2.75) is 18.9 Å². The quantitative estimate of drug-likeness (QED) is 0.522. The number of fused-ring (bicyclic) bond motifs is 2. The molecule has 1 atom stereocenters. The van der Waals surface area contributed by atoms with Crippen molar-refractivity contribution in [2.75, 3.05) is 6.54 Å². The molecule has 4 heterocycles. The van der Waals surface area contributed by atoms with E-state index in [1.807, 2.05) is 64.0 Å². The molecule has 3 aromatic heterocycles. The molecule has 1 amide bonds. The fraction of sp³-hybridized carbons (Fsp3) is 0.190. The molecule has 0 radical (unpaired) electrons. The molecule has 134 valence electrons. The first kappa shape index (κ1) is 15.8. The van der Waals surface area contributed by atoms with Crippen LogP contribution in [0.4, 0.5) is 0 Å². The van der Waals surface area contributed by atoms with E-state index in [0.717, 1.165) is 41.8 Å². The zero-order valence-corrected chi connectivity index (χ0v) is 14.7. The Hall–Kier alpha value is -3.41. The van der Waals surface area contributed by atoms with Crippen LogP contribution in [0.3, 0.4) is 0 Å². The third-order valence-corrected chi connectivity index (χ3v) is 5.01. The topological polar surface area (TPSA) is 63.6 Å². The van der Waals surface area contributed by atoms with E-state index < -0.39 is 0 Å². The van der Waals surface area contributed by atoms with Gasteiger partial charge in [-0.3, -0.25) is 9.20 Å². The number of rotatable bonds is 3. The largest absolute Gasteiger partial charge is 0.457 e. The molecule has 1 aliphatic rings. The maximum absolute atomic E-state index is 12.8. The maximum Gasteiger partial charge on any atom is 0.247 e. The fourth-order valence-corrected chi connectivity index (χ4v) is 3.72. The van der Waals surface area contributed by atoms with Crippen LogP contribution in [0.1, 0.15) is 30.5 Å². The van der Waals surface area contributed by atoms with Gasteiger partial charge in [0, 0.05) is 24.2 Å². The number of para-hydroxylation sites is 1. The SMILES string of the molecule is O=C(/C=C\c1cc2ccccc2o1)N1CCC[C@H]1c1nnc2ccccn12. The van der Waals surface area contributed by atoms with Gasteiger partial charge in [-0.15, -0.1) is 10.2 Å². The molecule has 1 saturated heterocycles. The molecule has 0 unspecified atom stereocenters. The summed E-state index contributed by atoms with van der Waals surface area (Å²) in [7, 11) is 0. The van der Waals surface area contributed by atoms with Crippen LogP contribution < -0.4 is 0 Å². The molecule has 6 nitrogen and oxygen atoms in total. The van der Waals surface area contributed by atoms with Gasteiger partial charge in [-0.25, -0.2) is 0 Å². The molecular weight excluding hydrogens is 340 g/mol. The number of hydrogen-bond acceptors (Lipinski definition) is 4. The average Bonchev–Trinajstić information content (AvgIpc) is 3.42. The summed E-state index contributed by atoms with van der Waals surface area (Å²) < 4.78 is 7.71. The molecule has 0 bridgehead atoms. The van der Waals surface area contributed by atoms with Crippen molar-refractivity contribution in [1.29, 1.82) is 0 Å². The highest BCUT2D eigenvalue weighted by molar-refractivity contribution is 5.92. The highest BCUT2D eigenvalue weighted by Crippen LogP contribution is 2.31. The van der Waals surface area contributed by atoms with Crippen molar-refractivity contribution in [2.24, 2.45) is 0 Å². The Kier molecular flexibility index (Phi) is 3.74. The summed E-state index contributed by atoms with van der Waals surface area (Å²) in [5, 5.41) is 9.58. The Labute approximate surface area is 155 Å². The number of furan rings is 1. The van der Waals surface area contributed by atoms with E-state index in [1.165, 1.54) is 0 Å². The number of aromatic nitrogens is 3. The molecule has 1 aliphatic heterocycles. The zero-order valence-electron chi connectivity index (χ0n) is 14.7. The summed E-state index contributed by atoms with van der Waals surface area (Å²) in [6.07, 6.45) is 7.10.